The van der Waals surface area contributed by atoms with Crippen LogP contribution in [-0.2, 0) is 11.4 Å². The van der Waals surface area contributed by atoms with E-state index in [-0.39, 0.29) is 12.5 Å². The zero-order valence-electron chi connectivity index (χ0n) is 15.0. The van der Waals surface area contributed by atoms with Crippen LogP contribution in [0.2, 0.25) is 5.02 Å². The molecule has 0 aliphatic carbocycles. The van der Waals surface area contributed by atoms with Gasteiger partial charge in [0.15, 0.2) is 6.61 Å². The zero-order chi connectivity index (χ0) is 19.6. The molecule has 0 saturated heterocycles. The number of hydrogen-bond acceptors (Lipinski definition) is 4. The second-order valence-corrected chi connectivity index (χ2v) is 6.32. The molecule has 0 fully saturated rings. The first-order chi connectivity index (χ1) is 13.7. The summed E-state index contributed by atoms with van der Waals surface area (Å²) in [6.07, 6.45) is 1.53. The van der Waals surface area contributed by atoms with Crippen LogP contribution in [0, 0.1) is 0 Å². The van der Waals surface area contributed by atoms with Crippen LogP contribution in [0.1, 0.15) is 11.1 Å². The summed E-state index contributed by atoms with van der Waals surface area (Å²) in [5.74, 6) is 0.951. The SMILES string of the molecule is O=C(COc1ccc(OCc2ccccc2)cc1)NN=Cc1ccc(Cl)cc1. The van der Waals surface area contributed by atoms with Gasteiger partial charge in [-0.15, -0.1) is 0 Å². The van der Waals surface area contributed by atoms with E-state index in [1.54, 1.807) is 48.5 Å². The molecule has 6 heteroatoms. The Morgan fingerprint density at radius 2 is 1.54 bits per heavy atom. The lowest BCUT2D eigenvalue weighted by Gasteiger charge is -2.08. The Morgan fingerprint density at radius 1 is 0.893 bits per heavy atom. The van der Waals surface area contributed by atoms with Gasteiger partial charge in [-0.2, -0.15) is 5.10 Å². The first kappa shape index (κ1) is 19.5. The number of benzene rings is 3. The fourth-order valence-corrected chi connectivity index (χ4v) is 2.41. The second-order valence-electron chi connectivity index (χ2n) is 5.88. The van der Waals surface area contributed by atoms with Crippen molar-refractivity contribution in [3.8, 4) is 11.5 Å². The van der Waals surface area contributed by atoms with E-state index in [1.807, 2.05) is 30.3 Å². The predicted octanol–water partition coefficient (Wildman–Crippen LogP) is 4.45. The largest absolute Gasteiger partial charge is 0.489 e. The molecular weight excluding hydrogens is 376 g/mol. The Bertz CT molecular complexity index is 911. The van der Waals surface area contributed by atoms with Gasteiger partial charge < -0.3 is 9.47 Å². The molecule has 5 nitrogen and oxygen atoms in total. The van der Waals surface area contributed by atoms with Crippen LogP contribution in [0.5, 0.6) is 11.5 Å². The normalized spacial score (nSPS) is 10.6. The van der Waals surface area contributed by atoms with Crippen molar-refractivity contribution in [2.75, 3.05) is 6.61 Å². The molecule has 0 atom stereocenters. The summed E-state index contributed by atoms with van der Waals surface area (Å²) >= 11 is 5.81. The molecule has 1 N–H and O–H groups in total. The number of hydrogen-bond donors (Lipinski definition) is 1. The van der Waals surface area contributed by atoms with E-state index in [0.717, 1.165) is 16.9 Å². The van der Waals surface area contributed by atoms with E-state index in [9.17, 15) is 4.79 Å². The third-order valence-corrected chi connectivity index (χ3v) is 3.97. The predicted molar refractivity (Wildman–Crippen MR) is 110 cm³/mol. The topological polar surface area (TPSA) is 59.9 Å². The van der Waals surface area contributed by atoms with Gasteiger partial charge in [0.25, 0.3) is 5.91 Å². The average Bonchev–Trinajstić information content (AvgIpc) is 2.74. The van der Waals surface area contributed by atoms with Crippen molar-refractivity contribution in [2.24, 2.45) is 5.10 Å². The van der Waals surface area contributed by atoms with Crippen molar-refractivity contribution >= 4 is 23.7 Å². The third kappa shape index (κ3) is 6.45. The van der Waals surface area contributed by atoms with Crippen LogP contribution in [0.3, 0.4) is 0 Å². The highest BCUT2D eigenvalue weighted by molar-refractivity contribution is 6.30. The highest BCUT2D eigenvalue weighted by Gasteiger charge is 2.02. The lowest BCUT2D eigenvalue weighted by atomic mass is 10.2. The maximum absolute atomic E-state index is 11.8. The standard InChI is InChI=1S/C22H19ClN2O3/c23-19-8-6-17(7-9-19)14-24-25-22(26)16-28-21-12-10-20(11-13-21)27-15-18-4-2-1-3-5-18/h1-14H,15-16H2,(H,25,26). The van der Waals surface area contributed by atoms with E-state index in [0.29, 0.717) is 17.4 Å². The minimum absolute atomic E-state index is 0.137. The van der Waals surface area contributed by atoms with Crippen LogP contribution >= 0.6 is 11.6 Å². The van der Waals surface area contributed by atoms with Crippen molar-refractivity contribution in [2.45, 2.75) is 6.61 Å². The molecule has 0 aliphatic rings. The molecule has 0 bridgehead atoms. The Kier molecular flexibility index (Phi) is 7.04. The summed E-state index contributed by atoms with van der Waals surface area (Å²) in [6.45, 7) is 0.358. The molecule has 0 saturated carbocycles. The molecule has 0 aliphatic heterocycles. The van der Waals surface area contributed by atoms with Gasteiger partial charge in [0, 0.05) is 5.02 Å². The Morgan fingerprint density at radius 3 is 2.21 bits per heavy atom. The summed E-state index contributed by atoms with van der Waals surface area (Å²) in [5.41, 5.74) is 4.34. The van der Waals surface area contributed by atoms with Gasteiger partial charge in [0.05, 0.1) is 6.21 Å². The summed E-state index contributed by atoms with van der Waals surface area (Å²) in [7, 11) is 0. The van der Waals surface area contributed by atoms with Gasteiger partial charge in [-0.25, -0.2) is 5.43 Å². The number of hydrazone groups is 1. The molecule has 3 aromatic rings. The lowest BCUT2D eigenvalue weighted by molar-refractivity contribution is -0.123. The number of amides is 1. The molecule has 28 heavy (non-hydrogen) atoms. The molecule has 3 rings (SSSR count). The van der Waals surface area contributed by atoms with Crippen LogP contribution in [0.15, 0.2) is 84.0 Å². The summed E-state index contributed by atoms with van der Waals surface area (Å²) < 4.78 is 11.2. The molecule has 142 valence electrons. The van der Waals surface area contributed by atoms with Crippen molar-refractivity contribution in [1.29, 1.82) is 0 Å². The average molecular weight is 395 g/mol. The molecule has 1 amide bonds. The number of rotatable bonds is 8. The molecule has 0 spiro atoms. The van der Waals surface area contributed by atoms with Crippen molar-refractivity contribution in [1.82, 2.24) is 5.43 Å². The Balaban J connectivity index is 1.40. The van der Waals surface area contributed by atoms with Gasteiger partial charge in [-0.3, -0.25) is 4.79 Å². The fraction of sp³-hybridized carbons (Fsp3) is 0.0909. The van der Waals surface area contributed by atoms with E-state index < -0.39 is 0 Å². The molecule has 0 aromatic heterocycles. The first-order valence-corrected chi connectivity index (χ1v) is 9.04. The van der Waals surface area contributed by atoms with Crippen molar-refractivity contribution < 1.29 is 14.3 Å². The monoisotopic (exact) mass is 394 g/mol. The number of ether oxygens (including phenoxy) is 2. The molecular formula is C22H19ClN2O3. The lowest BCUT2D eigenvalue weighted by Crippen LogP contribution is -2.24. The van der Waals surface area contributed by atoms with Crippen LogP contribution < -0.4 is 14.9 Å². The van der Waals surface area contributed by atoms with Gasteiger partial charge in [0.2, 0.25) is 0 Å². The fourth-order valence-electron chi connectivity index (χ4n) is 2.28. The number of nitrogens with zero attached hydrogens (tertiary/aromatic N) is 1. The summed E-state index contributed by atoms with van der Waals surface area (Å²) in [4.78, 5) is 11.8. The summed E-state index contributed by atoms with van der Waals surface area (Å²) in [6, 6.07) is 24.1. The Hall–Kier alpha value is -3.31. The Labute approximate surface area is 168 Å². The zero-order valence-corrected chi connectivity index (χ0v) is 15.8. The van der Waals surface area contributed by atoms with Crippen molar-refractivity contribution in [3.63, 3.8) is 0 Å². The summed E-state index contributed by atoms with van der Waals surface area (Å²) in [5, 5.41) is 4.53. The van der Waals surface area contributed by atoms with Gasteiger partial charge in [-0.05, 0) is 47.5 Å². The first-order valence-electron chi connectivity index (χ1n) is 8.66. The minimum atomic E-state index is -0.352. The maximum Gasteiger partial charge on any atom is 0.277 e. The molecule has 0 heterocycles. The van der Waals surface area contributed by atoms with E-state index >= 15 is 0 Å². The van der Waals surface area contributed by atoms with Crippen LogP contribution in [-0.4, -0.2) is 18.7 Å². The maximum atomic E-state index is 11.8. The highest BCUT2D eigenvalue weighted by atomic mass is 35.5. The van der Waals surface area contributed by atoms with E-state index in [4.69, 9.17) is 21.1 Å². The minimum Gasteiger partial charge on any atom is -0.489 e. The number of halogens is 1. The quantitative estimate of drug-likeness (QED) is 0.453. The smallest absolute Gasteiger partial charge is 0.277 e. The van der Waals surface area contributed by atoms with Gasteiger partial charge in [0.1, 0.15) is 18.1 Å². The van der Waals surface area contributed by atoms with Gasteiger partial charge in [-0.1, -0.05) is 54.1 Å². The number of carbonyl (C=O) groups is 1. The van der Waals surface area contributed by atoms with E-state index in [1.165, 1.54) is 6.21 Å². The van der Waals surface area contributed by atoms with Crippen LogP contribution in [0.25, 0.3) is 0 Å². The second kappa shape index (κ2) is 10.1. The van der Waals surface area contributed by atoms with Gasteiger partial charge >= 0.3 is 0 Å². The van der Waals surface area contributed by atoms with Crippen molar-refractivity contribution in [3.05, 3.63) is 95.0 Å². The molecule has 3 aromatic carbocycles. The third-order valence-electron chi connectivity index (χ3n) is 3.71. The molecule has 0 radical (unpaired) electrons. The van der Waals surface area contributed by atoms with Crippen LogP contribution in [0.4, 0.5) is 0 Å². The molecule has 0 unspecified atom stereocenters. The highest BCUT2D eigenvalue weighted by Crippen LogP contribution is 2.18. The number of carbonyl (C=O) groups excluding carboxylic acids is 1. The van der Waals surface area contributed by atoms with E-state index in [2.05, 4.69) is 10.5 Å². The number of nitrogens with one attached hydrogen (secondary N) is 1.